The fraction of sp³-hybridized carbons (Fsp3) is 0.0741. The molecule has 5 rings (SSSR count). The van der Waals surface area contributed by atoms with Gasteiger partial charge in [-0.1, -0.05) is 36.4 Å². The van der Waals surface area contributed by atoms with Crippen molar-refractivity contribution in [2.75, 3.05) is 5.32 Å². The van der Waals surface area contributed by atoms with Gasteiger partial charge in [0, 0.05) is 22.7 Å². The van der Waals surface area contributed by atoms with E-state index in [0.29, 0.717) is 27.4 Å². The highest BCUT2D eigenvalue weighted by Crippen LogP contribution is 2.30. The number of thiazole rings is 1. The molecule has 2 heterocycles. The number of allylic oxidation sites excluding steroid dienone is 1. The average molecular weight is 450 g/mol. The molecule has 5 aromatic rings. The van der Waals surface area contributed by atoms with Gasteiger partial charge in [0.15, 0.2) is 0 Å². The third kappa shape index (κ3) is 3.91. The van der Waals surface area contributed by atoms with Crippen molar-refractivity contribution in [2.24, 2.45) is 0 Å². The molecule has 0 aliphatic carbocycles. The first-order valence-corrected chi connectivity index (χ1v) is 11.3. The minimum atomic E-state index is -0.453. The van der Waals surface area contributed by atoms with Gasteiger partial charge in [0.2, 0.25) is 0 Å². The van der Waals surface area contributed by atoms with Crippen LogP contribution >= 0.6 is 11.3 Å². The Morgan fingerprint density at radius 3 is 2.73 bits per heavy atom. The van der Waals surface area contributed by atoms with E-state index < -0.39 is 5.63 Å². The van der Waals surface area contributed by atoms with Crippen molar-refractivity contribution in [1.29, 1.82) is 5.26 Å². The van der Waals surface area contributed by atoms with Crippen LogP contribution in [0.5, 0.6) is 0 Å². The second-order valence-electron chi connectivity index (χ2n) is 7.80. The molecular weight excluding hydrogens is 430 g/mol. The summed E-state index contributed by atoms with van der Waals surface area (Å²) in [6.45, 7) is 4.10. The number of nitriles is 1. The number of hydrogen-bond donors (Lipinski definition) is 1. The summed E-state index contributed by atoms with van der Waals surface area (Å²) in [5, 5.41) is 18.1. The molecule has 3 aromatic carbocycles. The van der Waals surface area contributed by atoms with Gasteiger partial charge in [0.1, 0.15) is 22.2 Å². The van der Waals surface area contributed by atoms with Crippen LogP contribution in [0.3, 0.4) is 0 Å². The second kappa shape index (κ2) is 8.38. The van der Waals surface area contributed by atoms with Gasteiger partial charge in [0.25, 0.3) is 0 Å². The lowest BCUT2D eigenvalue weighted by Gasteiger charge is -2.05. The molecule has 0 fully saturated rings. The van der Waals surface area contributed by atoms with Gasteiger partial charge in [-0.15, -0.1) is 11.3 Å². The molecule has 0 saturated carbocycles. The number of aromatic nitrogens is 1. The Bertz CT molecular complexity index is 1650. The van der Waals surface area contributed by atoms with Gasteiger partial charge in [0.05, 0.1) is 11.3 Å². The maximum absolute atomic E-state index is 12.7. The molecule has 2 aromatic heterocycles. The molecule has 0 spiro atoms. The summed E-state index contributed by atoms with van der Waals surface area (Å²) >= 11 is 1.31. The Morgan fingerprint density at radius 2 is 1.91 bits per heavy atom. The first-order valence-electron chi connectivity index (χ1n) is 10.4. The van der Waals surface area contributed by atoms with Crippen LogP contribution in [-0.2, 0) is 0 Å². The molecule has 1 N–H and O–H groups in total. The minimum absolute atomic E-state index is 0.376. The number of aryl methyl sites for hydroxylation is 2. The highest BCUT2D eigenvalue weighted by Gasteiger charge is 2.15. The smallest absolute Gasteiger partial charge is 0.345 e. The monoisotopic (exact) mass is 449 g/mol. The summed E-state index contributed by atoms with van der Waals surface area (Å²) in [7, 11) is 0. The maximum atomic E-state index is 12.7. The maximum Gasteiger partial charge on any atom is 0.345 e. The van der Waals surface area contributed by atoms with E-state index in [2.05, 4.69) is 23.3 Å². The van der Waals surface area contributed by atoms with Crippen molar-refractivity contribution in [3.8, 4) is 17.3 Å². The number of rotatable bonds is 4. The van der Waals surface area contributed by atoms with E-state index in [1.807, 2.05) is 67.6 Å². The number of nitrogens with zero attached hydrogens (tertiary/aromatic N) is 2. The summed E-state index contributed by atoms with van der Waals surface area (Å²) in [5.74, 6) is 0. The largest absolute Gasteiger partial charge is 0.422 e. The van der Waals surface area contributed by atoms with Crippen molar-refractivity contribution in [2.45, 2.75) is 13.8 Å². The average Bonchev–Trinajstić information content (AvgIpc) is 3.31. The zero-order valence-corrected chi connectivity index (χ0v) is 18.9. The number of hydrogen-bond acceptors (Lipinski definition) is 6. The zero-order valence-electron chi connectivity index (χ0n) is 18.0. The summed E-state index contributed by atoms with van der Waals surface area (Å²) in [4.78, 5) is 17.3. The SMILES string of the molecule is Cc1ccc(NC=C(C#N)c2nc(-c3cc4c(ccc5ccccc54)oc3=O)cs2)cc1C. The van der Waals surface area contributed by atoms with Crippen LogP contribution in [-0.4, -0.2) is 4.98 Å². The van der Waals surface area contributed by atoms with Gasteiger partial charge in [-0.05, 0) is 60.0 Å². The lowest BCUT2D eigenvalue weighted by atomic mass is 10.0. The lowest BCUT2D eigenvalue weighted by Crippen LogP contribution is -2.03. The van der Waals surface area contributed by atoms with E-state index in [0.717, 1.165) is 21.8 Å². The molecule has 6 heteroatoms. The molecule has 0 atom stereocenters. The molecule has 0 aliphatic rings. The topological polar surface area (TPSA) is 78.9 Å². The van der Waals surface area contributed by atoms with E-state index in [1.165, 1.54) is 22.5 Å². The second-order valence-corrected chi connectivity index (χ2v) is 8.66. The summed E-state index contributed by atoms with van der Waals surface area (Å²) in [6.07, 6.45) is 1.64. The summed E-state index contributed by atoms with van der Waals surface area (Å²) in [5.41, 5.74) is 4.60. The molecule has 0 bridgehead atoms. The highest BCUT2D eigenvalue weighted by molar-refractivity contribution is 7.11. The standard InChI is InChI=1S/C27H19N3O2S/c1-16-7-9-20(11-17(16)2)29-14-19(13-28)26-30-24(15-33-26)23-12-22-21-6-4-3-5-18(21)8-10-25(22)32-27(23)31/h3-12,14-15,29H,1-2H3. The number of benzene rings is 3. The molecule has 33 heavy (non-hydrogen) atoms. The molecular formula is C27H19N3O2S. The third-order valence-electron chi connectivity index (χ3n) is 5.66. The molecule has 0 amide bonds. The molecule has 0 unspecified atom stereocenters. The van der Waals surface area contributed by atoms with Crippen LogP contribution in [0.4, 0.5) is 5.69 Å². The first-order chi connectivity index (χ1) is 16.0. The lowest BCUT2D eigenvalue weighted by molar-refractivity contribution is 0.563. The highest BCUT2D eigenvalue weighted by atomic mass is 32.1. The third-order valence-corrected chi connectivity index (χ3v) is 6.54. The zero-order chi connectivity index (χ0) is 22.9. The summed E-state index contributed by atoms with van der Waals surface area (Å²) in [6, 6.07) is 21.7. The van der Waals surface area contributed by atoms with Gasteiger partial charge in [-0.25, -0.2) is 9.78 Å². The van der Waals surface area contributed by atoms with Crippen molar-refractivity contribution in [1.82, 2.24) is 4.98 Å². The fourth-order valence-corrected chi connectivity index (χ4v) is 4.49. The Hall–Kier alpha value is -4.21. The predicted molar refractivity (Wildman–Crippen MR) is 134 cm³/mol. The van der Waals surface area contributed by atoms with Crippen molar-refractivity contribution in [3.63, 3.8) is 0 Å². The minimum Gasteiger partial charge on any atom is -0.422 e. The van der Waals surface area contributed by atoms with E-state index in [9.17, 15) is 10.1 Å². The first kappa shape index (κ1) is 20.7. The van der Waals surface area contributed by atoms with Crippen LogP contribution in [0.25, 0.3) is 38.6 Å². The van der Waals surface area contributed by atoms with Crippen LogP contribution in [0.15, 0.2) is 81.5 Å². The van der Waals surface area contributed by atoms with E-state index in [-0.39, 0.29) is 0 Å². The Balaban J connectivity index is 1.52. The fourth-order valence-electron chi connectivity index (χ4n) is 3.70. The van der Waals surface area contributed by atoms with Gasteiger partial charge < -0.3 is 9.73 Å². The molecule has 0 aliphatic heterocycles. The number of nitrogens with one attached hydrogen (secondary N) is 1. The van der Waals surface area contributed by atoms with Crippen molar-refractivity contribution >= 4 is 44.3 Å². The normalized spacial score (nSPS) is 11.6. The molecule has 0 saturated heterocycles. The quantitative estimate of drug-likeness (QED) is 0.188. The van der Waals surface area contributed by atoms with Gasteiger partial charge in [-0.2, -0.15) is 5.26 Å². The molecule has 160 valence electrons. The summed E-state index contributed by atoms with van der Waals surface area (Å²) < 4.78 is 5.59. The van der Waals surface area contributed by atoms with Crippen molar-refractivity contribution < 1.29 is 4.42 Å². The van der Waals surface area contributed by atoms with Crippen LogP contribution < -0.4 is 10.9 Å². The molecule has 0 radical (unpaired) electrons. The Labute approximate surface area is 194 Å². The van der Waals surface area contributed by atoms with Crippen LogP contribution in [0, 0.1) is 25.2 Å². The van der Waals surface area contributed by atoms with Gasteiger partial charge in [-0.3, -0.25) is 0 Å². The van der Waals surface area contributed by atoms with Gasteiger partial charge >= 0.3 is 5.63 Å². The number of anilines is 1. The van der Waals surface area contributed by atoms with E-state index in [1.54, 1.807) is 11.6 Å². The number of fused-ring (bicyclic) bond motifs is 3. The van der Waals surface area contributed by atoms with Crippen LogP contribution in [0.2, 0.25) is 0 Å². The Kier molecular flexibility index (Phi) is 5.25. The van der Waals surface area contributed by atoms with Crippen molar-refractivity contribution in [3.05, 3.63) is 98.8 Å². The Morgan fingerprint density at radius 1 is 1.06 bits per heavy atom. The van der Waals surface area contributed by atoms with E-state index >= 15 is 0 Å². The predicted octanol–water partition coefficient (Wildman–Crippen LogP) is 6.66. The van der Waals surface area contributed by atoms with Crippen LogP contribution in [0.1, 0.15) is 16.1 Å². The van der Waals surface area contributed by atoms with E-state index in [4.69, 9.17) is 4.42 Å². The molecule has 5 nitrogen and oxygen atoms in total.